The summed E-state index contributed by atoms with van der Waals surface area (Å²) in [6, 6.07) is 8.07. The lowest BCUT2D eigenvalue weighted by molar-refractivity contribution is 0.0176. The van der Waals surface area contributed by atoms with Gasteiger partial charge in [0, 0.05) is 16.8 Å². The van der Waals surface area contributed by atoms with Gasteiger partial charge in [-0.25, -0.2) is 15.0 Å². The molecule has 1 fully saturated rings. The zero-order chi connectivity index (χ0) is 22.6. The first-order valence-electron chi connectivity index (χ1n) is 10.3. The number of fused-ring (bicyclic) bond motifs is 2. The molecule has 3 aromatic heterocycles. The standard InChI is InChI=1S/C22H23BrN6O2S/c1-10-8-29(21-16(10)20(25)26-9-27-21)22-18(31)17(30)15(32-22)5-3-11-2-4-12-7-13(23)19(24)28-14(12)6-11/h2,4,6-9,15,17-18,22,30-31H,3,5H2,1H3,(H2,24,28)(H2,25,26,27)/t15-,17-,18-,22-/m1/s1. The molecule has 1 saturated heterocycles. The van der Waals surface area contributed by atoms with Crippen LogP contribution in [-0.4, -0.2) is 47.2 Å². The summed E-state index contributed by atoms with van der Waals surface area (Å²) in [5.74, 6) is 0.875. The summed E-state index contributed by atoms with van der Waals surface area (Å²) in [6.45, 7) is 1.94. The van der Waals surface area contributed by atoms with E-state index in [2.05, 4.69) is 36.9 Å². The largest absolute Gasteiger partial charge is 0.389 e. The monoisotopic (exact) mass is 514 g/mol. The second-order valence-electron chi connectivity index (χ2n) is 8.14. The minimum absolute atomic E-state index is 0.120. The lowest BCUT2D eigenvalue weighted by atomic mass is 10.0. The van der Waals surface area contributed by atoms with Crippen LogP contribution in [0.1, 0.15) is 22.9 Å². The Labute approximate surface area is 197 Å². The summed E-state index contributed by atoms with van der Waals surface area (Å²) in [5.41, 5.74) is 15.5. The van der Waals surface area contributed by atoms with Crippen LogP contribution < -0.4 is 11.5 Å². The van der Waals surface area contributed by atoms with Gasteiger partial charge in [0.2, 0.25) is 0 Å². The van der Waals surface area contributed by atoms with E-state index in [1.165, 1.54) is 6.33 Å². The van der Waals surface area contributed by atoms with E-state index in [9.17, 15) is 10.2 Å². The number of aliphatic hydroxyl groups is 2. The van der Waals surface area contributed by atoms with Crippen molar-refractivity contribution in [2.45, 2.75) is 42.6 Å². The lowest BCUT2D eigenvalue weighted by Crippen LogP contribution is -2.31. The Morgan fingerprint density at radius 1 is 1.12 bits per heavy atom. The second kappa shape index (κ2) is 8.18. The summed E-state index contributed by atoms with van der Waals surface area (Å²) in [5, 5.41) is 22.9. The highest BCUT2D eigenvalue weighted by Crippen LogP contribution is 2.45. The molecule has 0 aliphatic carbocycles. The van der Waals surface area contributed by atoms with Crippen LogP contribution in [0.2, 0.25) is 0 Å². The summed E-state index contributed by atoms with van der Waals surface area (Å²) in [7, 11) is 0. The quantitative estimate of drug-likeness (QED) is 0.326. The summed E-state index contributed by atoms with van der Waals surface area (Å²) < 4.78 is 2.69. The Bertz CT molecular complexity index is 1330. The van der Waals surface area contributed by atoms with Gasteiger partial charge in [0.15, 0.2) is 0 Å². The van der Waals surface area contributed by atoms with Crippen molar-refractivity contribution in [3.05, 3.63) is 52.4 Å². The zero-order valence-electron chi connectivity index (χ0n) is 17.3. The topological polar surface area (TPSA) is 136 Å². The van der Waals surface area contributed by atoms with Crippen LogP contribution in [0.25, 0.3) is 21.9 Å². The number of anilines is 2. The molecule has 166 valence electrons. The van der Waals surface area contributed by atoms with Crippen molar-refractivity contribution >= 4 is 61.3 Å². The predicted octanol–water partition coefficient (Wildman–Crippen LogP) is 3.18. The molecule has 4 aromatic rings. The van der Waals surface area contributed by atoms with Gasteiger partial charge in [-0.3, -0.25) is 0 Å². The maximum absolute atomic E-state index is 10.8. The first kappa shape index (κ1) is 21.4. The molecule has 4 heterocycles. The first-order chi connectivity index (χ1) is 15.3. The molecule has 10 heteroatoms. The average molecular weight is 515 g/mol. The molecule has 8 nitrogen and oxygen atoms in total. The average Bonchev–Trinajstić information content (AvgIpc) is 3.25. The Morgan fingerprint density at radius 3 is 2.75 bits per heavy atom. The van der Waals surface area contributed by atoms with E-state index >= 15 is 0 Å². The SMILES string of the molecule is Cc1cn([C@@H]2S[C@H](CCc3ccc4cc(Br)c(N)nc4c3)[C@@H](O)[C@H]2O)c2ncnc(N)c12. The van der Waals surface area contributed by atoms with Gasteiger partial charge in [0.25, 0.3) is 0 Å². The fraction of sp³-hybridized carbons (Fsp3) is 0.318. The van der Waals surface area contributed by atoms with Gasteiger partial charge >= 0.3 is 0 Å². The minimum Gasteiger partial charge on any atom is -0.389 e. The molecule has 0 bridgehead atoms. The summed E-state index contributed by atoms with van der Waals surface area (Å²) in [6.07, 6.45) is 3.06. The number of rotatable bonds is 4. The molecule has 1 aliphatic rings. The smallest absolute Gasteiger partial charge is 0.146 e. The molecule has 4 atom stereocenters. The van der Waals surface area contributed by atoms with E-state index < -0.39 is 12.2 Å². The van der Waals surface area contributed by atoms with Gasteiger partial charge in [-0.05, 0) is 59.0 Å². The Balaban J connectivity index is 1.36. The molecule has 5 rings (SSSR count). The van der Waals surface area contributed by atoms with Crippen molar-refractivity contribution in [1.82, 2.24) is 19.5 Å². The van der Waals surface area contributed by atoms with Crippen molar-refractivity contribution in [3.63, 3.8) is 0 Å². The Hall–Kier alpha value is -2.40. The van der Waals surface area contributed by atoms with E-state index in [4.69, 9.17) is 11.5 Å². The van der Waals surface area contributed by atoms with Crippen molar-refractivity contribution in [3.8, 4) is 0 Å². The van der Waals surface area contributed by atoms with Crippen molar-refractivity contribution < 1.29 is 10.2 Å². The van der Waals surface area contributed by atoms with Crippen molar-refractivity contribution in [1.29, 1.82) is 0 Å². The van der Waals surface area contributed by atoms with Crippen LogP contribution in [0.5, 0.6) is 0 Å². The molecule has 0 unspecified atom stereocenters. The van der Waals surface area contributed by atoms with Crippen LogP contribution in [0.4, 0.5) is 11.6 Å². The van der Waals surface area contributed by atoms with Gasteiger partial charge in [-0.2, -0.15) is 0 Å². The number of halogens is 1. The molecule has 1 aromatic carbocycles. The molecular formula is C22H23BrN6O2S. The molecule has 32 heavy (non-hydrogen) atoms. The predicted molar refractivity (Wildman–Crippen MR) is 131 cm³/mol. The Morgan fingerprint density at radius 2 is 1.94 bits per heavy atom. The maximum atomic E-state index is 10.8. The second-order valence-corrected chi connectivity index (χ2v) is 10.4. The number of hydrogen-bond donors (Lipinski definition) is 4. The molecule has 0 spiro atoms. The normalized spacial score (nSPS) is 23.4. The number of benzene rings is 1. The highest BCUT2D eigenvalue weighted by Gasteiger charge is 2.43. The highest BCUT2D eigenvalue weighted by molar-refractivity contribution is 9.10. The number of hydrogen-bond acceptors (Lipinski definition) is 8. The number of aliphatic hydroxyl groups excluding tert-OH is 2. The molecule has 0 radical (unpaired) electrons. The molecule has 1 aliphatic heterocycles. The fourth-order valence-electron chi connectivity index (χ4n) is 4.36. The first-order valence-corrected chi connectivity index (χ1v) is 12.0. The van der Waals surface area contributed by atoms with Gasteiger partial charge < -0.3 is 26.2 Å². The van der Waals surface area contributed by atoms with Gasteiger partial charge in [0.1, 0.15) is 35.1 Å². The lowest BCUT2D eigenvalue weighted by Gasteiger charge is -2.17. The van der Waals surface area contributed by atoms with Gasteiger partial charge in [-0.1, -0.05) is 12.1 Å². The maximum Gasteiger partial charge on any atom is 0.146 e. The van der Waals surface area contributed by atoms with E-state index in [0.717, 1.165) is 38.3 Å². The highest BCUT2D eigenvalue weighted by atomic mass is 79.9. The number of nitrogen functional groups attached to an aromatic ring is 2. The molecular weight excluding hydrogens is 492 g/mol. The number of nitrogens with two attached hydrogens (primary N) is 2. The third-order valence-corrected chi connectivity index (χ3v) is 8.30. The van der Waals surface area contributed by atoms with E-state index in [0.29, 0.717) is 23.7 Å². The van der Waals surface area contributed by atoms with Crippen molar-refractivity contribution in [2.75, 3.05) is 11.5 Å². The van der Waals surface area contributed by atoms with Gasteiger partial charge in [0.05, 0.1) is 21.5 Å². The third-order valence-electron chi connectivity index (χ3n) is 6.02. The minimum atomic E-state index is -0.911. The van der Waals surface area contributed by atoms with E-state index in [1.54, 1.807) is 11.8 Å². The number of aryl methyl sites for hydroxylation is 2. The van der Waals surface area contributed by atoms with E-state index in [-0.39, 0.29) is 10.6 Å². The Kier molecular flexibility index (Phi) is 5.48. The van der Waals surface area contributed by atoms with Crippen molar-refractivity contribution in [2.24, 2.45) is 0 Å². The number of pyridine rings is 1. The number of aromatic nitrogens is 4. The van der Waals surface area contributed by atoms with Gasteiger partial charge in [-0.15, -0.1) is 11.8 Å². The van der Waals surface area contributed by atoms with Crippen LogP contribution in [-0.2, 0) is 6.42 Å². The summed E-state index contributed by atoms with van der Waals surface area (Å²) >= 11 is 4.97. The van der Waals surface area contributed by atoms with Crippen LogP contribution in [0.15, 0.2) is 41.3 Å². The number of nitrogens with zero attached hydrogens (tertiary/aromatic N) is 4. The summed E-state index contributed by atoms with van der Waals surface area (Å²) in [4.78, 5) is 12.9. The fourth-order valence-corrected chi connectivity index (χ4v) is 6.24. The van der Waals surface area contributed by atoms with E-state index in [1.807, 2.05) is 35.9 Å². The van der Waals surface area contributed by atoms with Crippen LogP contribution >= 0.6 is 27.7 Å². The molecule has 6 N–H and O–H groups in total. The molecule has 0 saturated carbocycles. The molecule has 0 amide bonds. The number of thioether (sulfide) groups is 1. The third kappa shape index (κ3) is 3.61. The van der Waals surface area contributed by atoms with Crippen LogP contribution in [0, 0.1) is 6.92 Å². The zero-order valence-corrected chi connectivity index (χ0v) is 19.7. The van der Waals surface area contributed by atoms with Crippen LogP contribution in [0.3, 0.4) is 0 Å².